The lowest BCUT2D eigenvalue weighted by Gasteiger charge is -2.38. The van der Waals surface area contributed by atoms with Gasteiger partial charge < -0.3 is 20.3 Å². The van der Waals surface area contributed by atoms with Crippen molar-refractivity contribution in [1.82, 2.24) is 9.80 Å². The number of nitrogens with two attached hydrogens (primary N) is 1. The van der Waals surface area contributed by atoms with E-state index in [1.165, 1.54) is 0 Å². The van der Waals surface area contributed by atoms with Gasteiger partial charge in [0.25, 0.3) is 0 Å². The highest BCUT2D eigenvalue weighted by Crippen LogP contribution is 2.33. The van der Waals surface area contributed by atoms with E-state index in [1.54, 1.807) is 11.8 Å². The molecule has 2 saturated heterocycles. The standard InChI is InChI=1S/C14H23N3O3S/c1-11(18)16-5-2-6-17(8-7-16)13(19)14(12(15)21)3-9-20-10-4-14/h2-10H2,1H3,(H2,15,21). The van der Waals surface area contributed by atoms with Crippen molar-refractivity contribution < 1.29 is 14.3 Å². The van der Waals surface area contributed by atoms with Crippen molar-refractivity contribution >= 4 is 29.0 Å². The molecule has 0 atom stereocenters. The summed E-state index contributed by atoms with van der Waals surface area (Å²) < 4.78 is 5.35. The first-order valence-electron chi connectivity index (χ1n) is 7.40. The monoisotopic (exact) mass is 313 g/mol. The van der Waals surface area contributed by atoms with Crippen LogP contribution in [0.15, 0.2) is 0 Å². The zero-order valence-electron chi connectivity index (χ0n) is 12.5. The SMILES string of the molecule is CC(=O)N1CCCN(C(=O)C2(C(N)=S)CCOCC2)CC1. The van der Waals surface area contributed by atoms with Crippen LogP contribution in [0, 0.1) is 5.41 Å². The third kappa shape index (κ3) is 3.35. The third-order valence-electron chi connectivity index (χ3n) is 4.46. The van der Waals surface area contributed by atoms with Crippen molar-refractivity contribution in [3.63, 3.8) is 0 Å². The molecule has 0 aromatic heterocycles. The summed E-state index contributed by atoms with van der Waals surface area (Å²) in [5.74, 6) is 0.0585. The zero-order chi connectivity index (χ0) is 15.5. The fraction of sp³-hybridized carbons (Fsp3) is 0.786. The first-order valence-corrected chi connectivity index (χ1v) is 7.81. The van der Waals surface area contributed by atoms with Gasteiger partial charge in [-0.2, -0.15) is 0 Å². The molecule has 2 heterocycles. The third-order valence-corrected chi connectivity index (χ3v) is 4.85. The Bertz CT molecular complexity index is 435. The Balaban J connectivity index is 2.10. The number of rotatable bonds is 2. The van der Waals surface area contributed by atoms with Crippen LogP contribution >= 0.6 is 12.2 Å². The summed E-state index contributed by atoms with van der Waals surface area (Å²) in [5, 5.41) is 0. The lowest BCUT2D eigenvalue weighted by atomic mass is 9.78. The van der Waals surface area contributed by atoms with Crippen LogP contribution in [-0.2, 0) is 14.3 Å². The van der Waals surface area contributed by atoms with Crippen LogP contribution in [0.4, 0.5) is 0 Å². The summed E-state index contributed by atoms with van der Waals surface area (Å²) in [6.07, 6.45) is 1.89. The van der Waals surface area contributed by atoms with Gasteiger partial charge in [-0.05, 0) is 19.3 Å². The van der Waals surface area contributed by atoms with Crippen molar-refractivity contribution in [2.45, 2.75) is 26.2 Å². The number of hydrogen-bond donors (Lipinski definition) is 1. The van der Waals surface area contributed by atoms with Crippen molar-refractivity contribution in [3.05, 3.63) is 0 Å². The fourth-order valence-electron chi connectivity index (χ4n) is 3.02. The first kappa shape index (κ1) is 16.2. The molecule has 2 N–H and O–H groups in total. The van der Waals surface area contributed by atoms with Crippen LogP contribution in [-0.4, -0.2) is 66.0 Å². The van der Waals surface area contributed by atoms with Gasteiger partial charge in [0.1, 0.15) is 5.41 Å². The number of nitrogens with zero attached hydrogens (tertiary/aromatic N) is 2. The minimum Gasteiger partial charge on any atom is -0.392 e. The molecule has 2 aliphatic heterocycles. The van der Waals surface area contributed by atoms with E-state index in [0.717, 1.165) is 6.42 Å². The van der Waals surface area contributed by atoms with Gasteiger partial charge in [0.05, 0.1) is 4.99 Å². The van der Waals surface area contributed by atoms with E-state index in [4.69, 9.17) is 22.7 Å². The molecule has 0 aliphatic carbocycles. The molecule has 2 fully saturated rings. The Labute approximate surface area is 130 Å². The van der Waals surface area contributed by atoms with Crippen molar-refractivity contribution in [2.24, 2.45) is 11.1 Å². The van der Waals surface area contributed by atoms with Crippen LogP contribution in [0.2, 0.25) is 0 Å². The van der Waals surface area contributed by atoms with Crippen LogP contribution in [0.5, 0.6) is 0 Å². The molecule has 0 unspecified atom stereocenters. The number of carbonyl (C=O) groups is 2. The predicted molar refractivity (Wildman–Crippen MR) is 82.7 cm³/mol. The van der Waals surface area contributed by atoms with Gasteiger partial charge in [-0.1, -0.05) is 12.2 Å². The second-order valence-electron chi connectivity index (χ2n) is 5.71. The van der Waals surface area contributed by atoms with Crippen LogP contribution in [0.1, 0.15) is 26.2 Å². The maximum Gasteiger partial charge on any atom is 0.235 e. The molecule has 0 aromatic carbocycles. The average molecular weight is 313 g/mol. The minimum absolute atomic E-state index is 0.00343. The summed E-state index contributed by atoms with van der Waals surface area (Å²) in [5.41, 5.74) is 5.12. The Morgan fingerprint density at radius 1 is 1.10 bits per heavy atom. The van der Waals surface area contributed by atoms with Crippen molar-refractivity contribution in [3.8, 4) is 0 Å². The summed E-state index contributed by atoms with van der Waals surface area (Å²) in [7, 11) is 0. The fourth-order valence-corrected chi connectivity index (χ4v) is 3.32. The Morgan fingerprint density at radius 2 is 1.67 bits per heavy atom. The highest BCUT2D eigenvalue weighted by atomic mass is 32.1. The quantitative estimate of drug-likeness (QED) is 0.735. The van der Waals surface area contributed by atoms with E-state index in [9.17, 15) is 9.59 Å². The number of ether oxygens (including phenoxy) is 1. The molecule has 2 amide bonds. The molecule has 6 nitrogen and oxygen atoms in total. The smallest absolute Gasteiger partial charge is 0.235 e. The van der Waals surface area contributed by atoms with Crippen molar-refractivity contribution in [2.75, 3.05) is 39.4 Å². The maximum absolute atomic E-state index is 12.9. The second-order valence-corrected chi connectivity index (χ2v) is 6.15. The van der Waals surface area contributed by atoms with Gasteiger partial charge in [-0.25, -0.2) is 0 Å². The lowest BCUT2D eigenvalue weighted by molar-refractivity contribution is -0.142. The molecular weight excluding hydrogens is 290 g/mol. The number of thiocarbonyl (C=S) groups is 1. The van der Waals surface area contributed by atoms with Crippen molar-refractivity contribution in [1.29, 1.82) is 0 Å². The lowest BCUT2D eigenvalue weighted by Crippen LogP contribution is -2.54. The van der Waals surface area contributed by atoms with E-state index < -0.39 is 5.41 Å². The molecule has 0 radical (unpaired) electrons. The molecule has 0 aromatic rings. The summed E-state index contributed by atoms with van der Waals surface area (Å²) >= 11 is 5.18. The van der Waals surface area contributed by atoms with E-state index >= 15 is 0 Å². The molecule has 118 valence electrons. The van der Waals surface area contributed by atoms with Gasteiger partial charge in [-0.3, -0.25) is 9.59 Å². The molecule has 0 saturated carbocycles. The summed E-state index contributed by atoms with van der Waals surface area (Å²) in [6, 6.07) is 0. The Hall–Kier alpha value is -1.21. The summed E-state index contributed by atoms with van der Waals surface area (Å²) in [4.78, 5) is 28.3. The topological polar surface area (TPSA) is 75.9 Å². The molecule has 21 heavy (non-hydrogen) atoms. The predicted octanol–water partition coefficient (Wildman–Crippen LogP) is 0.150. The largest absolute Gasteiger partial charge is 0.392 e. The van der Waals surface area contributed by atoms with Crippen LogP contribution < -0.4 is 5.73 Å². The van der Waals surface area contributed by atoms with Crippen LogP contribution in [0.25, 0.3) is 0 Å². The molecule has 7 heteroatoms. The first-order chi connectivity index (χ1) is 9.97. The van der Waals surface area contributed by atoms with E-state index in [-0.39, 0.29) is 16.8 Å². The summed E-state index contributed by atoms with van der Waals surface area (Å²) in [6.45, 7) is 5.05. The Morgan fingerprint density at radius 3 is 2.24 bits per heavy atom. The van der Waals surface area contributed by atoms with Gasteiger partial charge >= 0.3 is 0 Å². The molecule has 0 spiro atoms. The molecular formula is C14H23N3O3S. The van der Waals surface area contributed by atoms with Gasteiger partial charge in [-0.15, -0.1) is 0 Å². The minimum atomic E-state index is -0.765. The highest BCUT2D eigenvalue weighted by Gasteiger charge is 2.45. The second kappa shape index (κ2) is 6.70. The molecule has 2 aliphatic rings. The van der Waals surface area contributed by atoms with E-state index in [2.05, 4.69) is 0 Å². The number of carbonyl (C=O) groups excluding carboxylic acids is 2. The van der Waals surface area contributed by atoms with Crippen LogP contribution in [0.3, 0.4) is 0 Å². The molecule has 2 rings (SSSR count). The van der Waals surface area contributed by atoms with Gasteiger partial charge in [0, 0.05) is 46.3 Å². The van der Waals surface area contributed by atoms with E-state index in [1.807, 2.05) is 4.90 Å². The normalized spacial score (nSPS) is 22.5. The molecule has 0 bridgehead atoms. The van der Waals surface area contributed by atoms with Gasteiger partial charge in [0.15, 0.2) is 0 Å². The van der Waals surface area contributed by atoms with E-state index in [0.29, 0.717) is 52.2 Å². The number of hydrogen-bond acceptors (Lipinski definition) is 4. The zero-order valence-corrected chi connectivity index (χ0v) is 13.3. The van der Waals surface area contributed by atoms with Gasteiger partial charge in [0.2, 0.25) is 11.8 Å². The Kier molecular flexibility index (Phi) is 5.16. The average Bonchev–Trinajstić information content (AvgIpc) is 2.73. The maximum atomic E-state index is 12.9. The number of amides is 2. The highest BCUT2D eigenvalue weighted by molar-refractivity contribution is 7.80.